The summed E-state index contributed by atoms with van der Waals surface area (Å²) in [7, 11) is 0. The topological polar surface area (TPSA) is 15.3 Å². The Bertz CT molecular complexity index is 200. The van der Waals surface area contributed by atoms with Crippen LogP contribution in [0.4, 0.5) is 0 Å². The van der Waals surface area contributed by atoms with Crippen molar-refractivity contribution in [2.24, 2.45) is 0 Å². The van der Waals surface area contributed by atoms with Crippen LogP contribution in [0, 0.1) is 0 Å². The van der Waals surface area contributed by atoms with Crippen molar-refractivity contribution in [1.82, 2.24) is 10.2 Å². The Hall–Kier alpha value is 0.270. The largest absolute Gasteiger partial charge is 0.303 e. The quantitative estimate of drug-likeness (QED) is 0.781. The van der Waals surface area contributed by atoms with Gasteiger partial charge in [-0.15, -0.1) is 11.8 Å². The van der Waals surface area contributed by atoms with Gasteiger partial charge in [-0.3, -0.25) is 0 Å². The first-order valence-corrected chi connectivity index (χ1v) is 7.27. The summed E-state index contributed by atoms with van der Waals surface area (Å²) in [6, 6.07) is 0. The van der Waals surface area contributed by atoms with Gasteiger partial charge in [-0.05, 0) is 38.8 Å². The first-order chi connectivity index (χ1) is 7.24. The molecule has 1 spiro atoms. The predicted octanol–water partition coefficient (Wildman–Crippen LogP) is 2.30. The summed E-state index contributed by atoms with van der Waals surface area (Å²) in [5, 5.41) is 4.61. The number of nitrogens with zero attached hydrogens (tertiary/aromatic N) is 1. The first-order valence-electron chi connectivity index (χ1n) is 6.39. The molecule has 3 heteroatoms. The van der Waals surface area contributed by atoms with Crippen LogP contribution in [0.5, 0.6) is 0 Å². The van der Waals surface area contributed by atoms with Crippen molar-refractivity contribution in [1.29, 1.82) is 0 Å². The highest BCUT2D eigenvalue weighted by Crippen LogP contribution is 2.39. The molecule has 1 N–H and O–H groups in total. The van der Waals surface area contributed by atoms with Gasteiger partial charge in [0.1, 0.15) is 0 Å². The molecule has 2 saturated heterocycles. The fraction of sp³-hybridized carbons (Fsp3) is 1.00. The van der Waals surface area contributed by atoms with Crippen molar-refractivity contribution in [2.45, 2.75) is 49.7 Å². The van der Waals surface area contributed by atoms with Gasteiger partial charge in [0.15, 0.2) is 0 Å². The number of rotatable bonds is 2. The van der Waals surface area contributed by atoms with Crippen LogP contribution < -0.4 is 5.32 Å². The highest BCUT2D eigenvalue weighted by atomic mass is 32.2. The third-order valence-electron chi connectivity index (χ3n) is 3.63. The van der Waals surface area contributed by atoms with Crippen molar-refractivity contribution in [3.63, 3.8) is 0 Å². The van der Waals surface area contributed by atoms with Crippen LogP contribution in [0.1, 0.15) is 39.5 Å². The van der Waals surface area contributed by atoms with E-state index in [2.05, 4.69) is 35.8 Å². The second kappa shape index (κ2) is 5.07. The van der Waals surface area contributed by atoms with E-state index in [0.29, 0.717) is 4.87 Å². The normalized spacial score (nSPS) is 32.0. The molecule has 15 heavy (non-hydrogen) atoms. The smallest absolute Gasteiger partial charge is 0.0672 e. The van der Waals surface area contributed by atoms with Gasteiger partial charge in [-0.25, -0.2) is 0 Å². The third-order valence-corrected chi connectivity index (χ3v) is 5.27. The van der Waals surface area contributed by atoms with Gasteiger partial charge in [-0.2, -0.15) is 0 Å². The van der Waals surface area contributed by atoms with Crippen LogP contribution in [0.3, 0.4) is 0 Å². The van der Waals surface area contributed by atoms with E-state index in [4.69, 9.17) is 0 Å². The highest BCUT2D eigenvalue weighted by molar-refractivity contribution is 8.01. The first kappa shape index (κ1) is 11.7. The monoisotopic (exact) mass is 228 g/mol. The van der Waals surface area contributed by atoms with Gasteiger partial charge in [0.05, 0.1) is 4.87 Å². The van der Waals surface area contributed by atoms with Gasteiger partial charge in [0.25, 0.3) is 0 Å². The summed E-state index contributed by atoms with van der Waals surface area (Å²) in [6.45, 7) is 9.76. The van der Waals surface area contributed by atoms with Gasteiger partial charge in [0.2, 0.25) is 0 Å². The Labute approximate surface area is 98.2 Å². The minimum Gasteiger partial charge on any atom is -0.303 e. The van der Waals surface area contributed by atoms with Crippen LogP contribution in [-0.2, 0) is 0 Å². The summed E-state index contributed by atoms with van der Waals surface area (Å²) in [5.41, 5.74) is 0. The lowest BCUT2D eigenvalue weighted by atomic mass is 10.0. The van der Waals surface area contributed by atoms with Gasteiger partial charge < -0.3 is 10.2 Å². The van der Waals surface area contributed by atoms with Crippen LogP contribution in [0.15, 0.2) is 0 Å². The molecule has 0 amide bonds. The Balaban J connectivity index is 1.85. The molecule has 2 heterocycles. The number of thioether (sulfide) groups is 1. The van der Waals surface area contributed by atoms with Crippen LogP contribution in [0.2, 0.25) is 0 Å². The molecule has 0 aliphatic carbocycles. The molecule has 1 unspecified atom stereocenters. The average Bonchev–Trinajstić information content (AvgIpc) is 2.22. The zero-order valence-corrected chi connectivity index (χ0v) is 10.9. The molecule has 2 nitrogen and oxygen atoms in total. The third kappa shape index (κ3) is 2.89. The maximum absolute atomic E-state index is 3.76. The lowest BCUT2D eigenvalue weighted by Gasteiger charge is -2.46. The highest BCUT2D eigenvalue weighted by Gasteiger charge is 2.37. The van der Waals surface area contributed by atoms with E-state index in [1.807, 2.05) is 0 Å². The maximum Gasteiger partial charge on any atom is 0.0672 e. The molecule has 0 aromatic rings. The molecule has 0 radical (unpaired) electrons. The minimum atomic E-state index is 0.432. The molecule has 0 bridgehead atoms. The minimum absolute atomic E-state index is 0.432. The van der Waals surface area contributed by atoms with E-state index >= 15 is 0 Å². The van der Waals surface area contributed by atoms with Crippen LogP contribution in [-0.4, -0.2) is 41.2 Å². The molecule has 0 saturated carbocycles. The fourth-order valence-corrected chi connectivity index (χ4v) is 4.35. The molecule has 2 aliphatic rings. The summed E-state index contributed by atoms with van der Waals surface area (Å²) in [4.78, 5) is 3.05. The lowest BCUT2D eigenvalue weighted by Crippen LogP contribution is -2.54. The Kier molecular flexibility index (Phi) is 3.97. The standard InChI is InChI=1S/C12H24N2S/c1-3-8-14-9-5-12(6-10-14)13-7-4-11(2)15-12/h11,13H,3-10H2,1-2H3. The molecule has 2 rings (SSSR count). The summed E-state index contributed by atoms with van der Waals surface area (Å²) in [6.07, 6.45) is 5.30. The second-order valence-corrected chi connectivity index (χ2v) is 6.80. The molecule has 2 aliphatic heterocycles. The van der Waals surface area contributed by atoms with Crippen molar-refractivity contribution < 1.29 is 0 Å². The summed E-state index contributed by atoms with van der Waals surface area (Å²) in [5.74, 6) is 0. The van der Waals surface area contributed by atoms with E-state index < -0.39 is 0 Å². The number of hydrogen-bond donors (Lipinski definition) is 1. The summed E-state index contributed by atoms with van der Waals surface area (Å²) >= 11 is 2.19. The molecular weight excluding hydrogens is 204 g/mol. The van der Waals surface area contributed by atoms with Crippen molar-refractivity contribution >= 4 is 11.8 Å². The average molecular weight is 228 g/mol. The van der Waals surface area contributed by atoms with Crippen LogP contribution in [0.25, 0.3) is 0 Å². The van der Waals surface area contributed by atoms with Crippen molar-refractivity contribution in [2.75, 3.05) is 26.2 Å². The van der Waals surface area contributed by atoms with E-state index in [-0.39, 0.29) is 0 Å². The molecule has 0 aromatic carbocycles. The van der Waals surface area contributed by atoms with E-state index in [9.17, 15) is 0 Å². The van der Waals surface area contributed by atoms with E-state index in [1.54, 1.807) is 0 Å². The molecule has 2 fully saturated rings. The molecular formula is C12H24N2S. The van der Waals surface area contributed by atoms with Crippen LogP contribution >= 0.6 is 11.8 Å². The second-order valence-electron chi connectivity index (χ2n) is 4.98. The zero-order chi connectivity index (χ0) is 10.7. The van der Waals surface area contributed by atoms with E-state index in [0.717, 1.165) is 5.25 Å². The van der Waals surface area contributed by atoms with Gasteiger partial charge >= 0.3 is 0 Å². The van der Waals surface area contributed by atoms with Crippen molar-refractivity contribution in [3.05, 3.63) is 0 Å². The molecule has 1 atom stereocenters. The van der Waals surface area contributed by atoms with Crippen molar-refractivity contribution in [3.8, 4) is 0 Å². The van der Waals surface area contributed by atoms with Gasteiger partial charge in [0, 0.05) is 18.3 Å². The van der Waals surface area contributed by atoms with E-state index in [1.165, 1.54) is 51.9 Å². The SMILES string of the molecule is CCCN1CCC2(CC1)NCCC(C)S2. The number of piperidine rings is 1. The number of hydrogen-bond acceptors (Lipinski definition) is 3. The Morgan fingerprint density at radius 3 is 2.73 bits per heavy atom. The zero-order valence-electron chi connectivity index (χ0n) is 10.1. The fourth-order valence-electron chi connectivity index (χ4n) is 2.74. The Morgan fingerprint density at radius 1 is 1.40 bits per heavy atom. The lowest BCUT2D eigenvalue weighted by molar-refractivity contribution is 0.181. The number of nitrogens with one attached hydrogen (secondary N) is 1. The molecule has 0 aromatic heterocycles. The predicted molar refractivity (Wildman–Crippen MR) is 68.4 cm³/mol. The van der Waals surface area contributed by atoms with Gasteiger partial charge in [-0.1, -0.05) is 13.8 Å². The number of likely N-dealkylation sites (tertiary alicyclic amines) is 1. The summed E-state index contributed by atoms with van der Waals surface area (Å²) < 4.78 is 0. The Morgan fingerprint density at radius 2 is 2.13 bits per heavy atom. The maximum atomic E-state index is 3.76. The molecule has 88 valence electrons.